The molecule has 0 N–H and O–H groups in total. The summed E-state index contributed by atoms with van der Waals surface area (Å²) >= 11 is 0. The van der Waals surface area contributed by atoms with Crippen molar-refractivity contribution in [2.24, 2.45) is 11.8 Å². The highest BCUT2D eigenvalue weighted by Gasteiger charge is 2.22. The lowest BCUT2D eigenvalue weighted by Crippen LogP contribution is -2.09. The summed E-state index contributed by atoms with van der Waals surface area (Å²) in [5.74, 6) is 1.65. The molecule has 0 saturated heterocycles. The number of hydrogen-bond acceptors (Lipinski definition) is 1. The minimum absolute atomic E-state index is 0.790. The van der Waals surface area contributed by atoms with Gasteiger partial charge in [-0.15, -0.1) is 0 Å². The van der Waals surface area contributed by atoms with Gasteiger partial charge in [0.05, 0.1) is 12.9 Å². The van der Waals surface area contributed by atoms with Gasteiger partial charge in [-0.05, 0) is 18.3 Å². The van der Waals surface area contributed by atoms with Gasteiger partial charge in [0.25, 0.3) is 0 Å². The molecule has 0 amide bonds. The van der Waals surface area contributed by atoms with Gasteiger partial charge in [0.1, 0.15) is 0 Å². The maximum absolute atomic E-state index is 5.15. The molecule has 0 aromatic heterocycles. The summed E-state index contributed by atoms with van der Waals surface area (Å²) in [5.41, 5.74) is 0. The van der Waals surface area contributed by atoms with Crippen LogP contribution in [-0.4, -0.2) is 6.61 Å². The van der Waals surface area contributed by atoms with Crippen LogP contribution in [0.5, 0.6) is 0 Å². The van der Waals surface area contributed by atoms with Crippen LogP contribution in [0.25, 0.3) is 0 Å². The highest BCUT2D eigenvalue weighted by Crippen LogP contribution is 2.30. The van der Waals surface area contributed by atoms with E-state index >= 15 is 0 Å². The van der Waals surface area contributed by atoms with Gasteiger partial charge >= 0.3 is 0 Å². The Morgan fingerprint density at radius 1 is 1.60 bits per heavy atom. The van der Waals surface area contributed by atoms with Crippen molar-refractivity contribution in [2.75, 3.05) is 6.61 Å². The van der Waals surface area contributed by atoms with E-state index in [0.717, 1.165) is 18.4 Å². The van der Waals surface area contributed by atoms with Crippen LogP contribution >= 0.6 is 0 Å². The lowest BCUT2D eigenvalue weighted by Gasteiger charge is -2.13. The fraction of sp³-hybridized carbons (Fsp3) is 0.778. The van der Waals surface area contributed by atoms with Gasteiger partial charge < -0.3 is 4.74 Å². The molecule has 1 heteroatoms. The van der Waals surface area contributed by atoms with E-state index in [1.807, 2.05) is 0 Å². The van der Waals surface area contributed by atoms with Crippen molar-refractivity contribution in [3.8, 4) is 0 Å². The molecule has 58 valence electrons. The van der Waals surface area contributed by atoms with E-state index in [-0.39, 0.29) is 0 Å². The van der Waals surface area contributed by atoms with Crippen LogP contribution in [0.3, 0.4) is 0 Å². The molecular weight excluding hydrogens is 124 g/mol. The molecular formula is C9H16O. The molecule has 1 rings (SSSR count). The lowest BCUT2D eigenvalue weighted by molar-refractivity contribution is 0.175. The maximum Gasteiger partial charge on any atom is 0.0903 e. The average Bonchev–Trinajstić information content (AvgIpc) is 2.31. The van der Waals surface area contributed by atoms with Crippen molar-refractivity contribution in [3.05, 3.63) is 12.8 Å². The average molecular weight is 140 g/mol. The Hall–Kier alpha value is -0.460. The molecule has 10 heavy (non-hydrogen) atoms. The minimum Gasteiger partial charge on any atom is -0.502 e. The molecule has 2 atom stereocenters. The Morgan fingerprint density at radius 2 is 2.40 bits per heavy atom. The summed E-state index contributed by atoms with van der Waals surface area (Å²) in [7, 11) is 0. The minimum atomic E-state index is 0.790. The van der Waals surface area contributed by atoms with Gasteiger partial charge in [-0.25, -0.2) is 0 Å². The summed E-state index contributed by atoms with van der Waals surface area (Å²) in [6.45, 7) is 6.71. The zero-order chi connectivity index (χ0) is 7.40. The van der Waals surface area contributed by atoms with Crippen LogP contribution in [0.15, 0.2) is 12.8 Å². The predicted octanol–water partition coefficient (Wildman–Crippen LogP) is 2.58. The summed E-state index contributed by atoms with van der Waals surface area (Å²) in [4.78, 5) is 0. The van der Waals surface area contributed by atoms with Gasteiger partial charge in [0.15, 0.2) is 0 Å². The van der Waals surface area contributed by atoms with E-state index in [1.54, 1.807) is 6.26 Å². The number of hydrogen-bond donors (Lipinski definition) is 0. The molecule has 1 aliphatic carbocycles. The van der Waals surface area contributed by atoms with E-state index in [0.29, 0.717) is 0 Å². The standard InChI is InChI=1S/C9H16O/c1-3-10-7-9-6-4-5-8(9)2/h3,8-9H,1,4-7H2,2H3. The molecule has 0 aliphatic heterocycles. The van der Waals surface area contributed by atoms with Crippen molar-refractivity contribution in [1.82, 2.24) is 0 Å². The van der Waals surface area contributed by atoms with E-state index < -0.39 is 0 Å². The Morgan fingerprint density at radius 3 is 2.90 bits per heavy atom. The van der Waals surface area contributed by atoms with Gasteiger partial charge in [-0.2, -0.15) is 0 Å². The summed E-state index contributed by atoms with van der Waals surface area (Å²) in [6, 6.07) is 0. The Kier molecular flexibility index (Phi) is 2.79. The van der Waals surface area contributed by atoms with Crippen LogP contribution in [0.1, 0.15) is 26.2 Å². The molecule has 0 aromatic rings. The zero-order valence-electron chi connectivity index (χ0n) is 6.68. The van der Waals surface area contributed by atoms with Gasteiger partial charge in [0.2, 0.25) is 0 Å². The third-order valence-corrected chi connectivity index (χ3v) is 2.47. The molecule has 2 unspecified atom stereocenters. The van der Waals surface area contributed by atoms with Crippen LogP contribution in [0.2, 0.25) is 0 Å². The third kappa shape index (κ3) is 1.76. The van der Waals surface area contributed by atoms with Crippen molar-refractivity contribution in [2.45, 2.75) is 26.2 Å². The van der Waals surface area contributed by atoms with Crippen molar-refractivity contribution >= 4 is 0 Å². The first kappa shape index (κ1) is 7.64. The Labute approximate surface area is 63.1 Å². The third-order valence-electron chi connectivity index (χ3n) is 2.47. The monoisotopic (exact) mass is 140 g/mol. The molecule has 0 aromatic carbocycles. The van der Waals surface area contributed by atoms with E-state index in [9.17, 15) is 0 Å². The normalized spacial score (nSPS) is 32.1. The lowest BCUT2D eigenvalue weighted by atomic mass is 10.00. The van der Waals surface area contributed by atoms with Crippen molar-refractivity contribution in [3.63, 3.8) is 0 Å². The highest BCUT2D eigenvalue weighted by atomic mass is 16.5. The highest BCUT2D eigenvalue weighted by molar-refractivity contribution is 4.74. The van der Waals surface area contributed by atoms with Gasteiger partial charge in [-0.3, -0.25) is 0 Å². The molecule has 1 nitrogen and oxygen atoms in total. The molecule has 1 saturated carbocycles. The van der Waals surface area contributed by atoms with Crippen LogP contribution < -0.4 is 0 Å². The van der Waals surface area contributed by atoms with Crippen molar-refractivity contribution in [1.29, 1.82) is 0 Å². The Balaban J connectivity index is 2.19. The first-order valence-electron chi connectivity index (χ1n) is 4.07. The second-order valence-corrected chi connectivity index (χ2v) is 3.17. The fourth-order valence-electron chi connectivity index (χ4n) is 1.66. The van der Waals surface area contributed by atoms with Crippen LogP contribution in [0, 0.1) is 11.8 Å². The fourth-order valence-corrected chi connectivity index (χ4v) is 1.66. The van der Waals surface area contributed by atoms with Crippen molar-refractivity contribution < 1.29 is 4.74 Å². The number of ether oxygens (including phenoxy) is 1. The smallest absolute Gasteiger partial charge is 0.0903 e. The van der Waals surface area contributed by atoms with E-state index in [2.05, 4.69) is 13.5 Å². The molecule has 0 radical (unpaired) electrons. The number of rotatable bonds is 3. The molecule has 1 fully saturated rings. The summed E-state index contributed by atoms with van der Waals surface area (Å²) < 4.78 is 5.15. The largest absolute Gasteiger partial charge is 0.502 e. The van der Waals surface area contributed by atoms with Crippen LogP contribution in [-0.2, 0) is 4.74 Å². The van der Waals surface area contributed by atoms with E-state index in [1.165, 1.54) is 19.3 Å². The zero-order valence-corrected chi connectivity index (χ0v) is 6.68. The topological polar surface area (TPSA) is 9.23 Å². The molecule has 0 heterocycles. The predicted molar refractivity (Wildman–Crippen MR) is 42.7 cm³/mol. The molecule has 0 spiro atoms. The van der Waals surface area contributed by atoms with Gasteiger partial charge in [0, 0.05) is 0 Å². The maximum atomic E-state index is 5.15. The molecule has 0 bridgehead atoms. The SMILES string of the molecule is C=COCC1CCCC1C. The second kappa shape index (κ2) is 3.65. The quantitative estimate of drug-likeness (QED) is 0.547. The molecule has 1 aliphatic rings. The summed E-state index contributed by atoms with van der Waals surface area (Å²) in [5, 5.41) is 0. The first-order valence-corrected chi connectivity index (χ1v) is 4.07. The summed E-state index contributed by atoms with van der Waals surface area (Å²) in [6.07, 6.45) is 5.65. The van der Waals surface area contributed by atoms with E-state index in [4.69, 9.17) is 4.74 Å². The first-order chi connectivity index (χ1) is 4.84. The van der Waals surface area contributed by atoms with Gasteiger partial charge in [-0.1, -0.05) is 26.3 Å². The second-order valence-electron chi connectivity index (χ2n) is 3.17. The van der Waals surface area contributed by atoms with Crippen LogP contribution in [0.4, 0.5) is 0 Å². The Bertz CT molecular complexity index is 109.